The zero-order chi connectivity index (χ0) is 17.0. The quantitative estimate of drug-likeness (QED) is 0.601. The van der Waals surface area contributed by atoms with E-state index in [0.29, 0.717) is 25.6 Å². The molecule has 1 heterocycles. The highest BCUT2D eigenvalue weighted by atomic mass is 35.5. The molecule has 2 atom stereocenters. The van der Waals surface area contributed by atoms with E-state index >= 15 is 0 Å². The average molecular weight is 357 g/mol. The van der Waals surface area contributed by atoms with Gasteiger partial charge in [0.05, 0.1) is 4.92 Å². The van der Waals surface area contributed by atoms with E-state index in [0.717, 1.165) is 6.42 Å². The van der Waals surface area contributed by atoms with Crippen LogP contribution in [0.25, 0.3) is 0 Å². The molecule has 1 aliphatic rings. The normalized spacial score (nSPS) is 17.8. The first-order chi connectivity index (χ1) is 10.9. The molecule has 3 N–H and O–H groups in total. The number of halogens is 1. The number of nitro groups is 1. The van der Waals surface area contributed by atoms with Gasteiger partial charge in [-0.25, -0.2) is 0 Å². The number of carbonyl (C=O) groups is 2. The van der Waals surface area contributed by atoms with Gasteiger partial charge in [0.25, 0.3) is 11.6 Å². The van der Waals surface area contributed by atoms with E-state index in [4.69, 9.17) is 5.73 Å². The van der Waals surface area contributed by atoms with Gasteiger partial charge in [0.2, 0.25) is 5.91 Å². The maximum Gasteiger partial charge on any atom is 0.270 e. The lowest BCUT2D eigenvalue weighted by Crippen LogP contribution is -2.46. The standard InChI is InChI=1S/C15H20N4O4.ClH/c1-10(15(21)18-6-5-11(8-16)9-18)17-14(20)12-3-2-4-13(7-12)19(22)23;/h2-4,7,10-11H,5-6,8-9,16H2,1H3,(H,17,20);1H. The minimum absolute atomic E-state index is 0. The van der Waals surface area contributed by atoms with Crippen LogP contribution >= 0.6 is 12.4 Å². The number of nitro benzene ring substituents is 1. The number of nitrogens with two attached hydrogens (primary N) is 1. The Bertz CT molecular complexity index is 625. The Kier molecular flexibility index (Phi) is 7.12. The van der Waals surface area contributed by atoms with Crippen molar-refractivity contribution in [3.05, 3.63) is 39.9 Å². The average Bonchev–Trinajstić information content (AvgIpc) is 3.03. The fraction of sp³-hybridized carbons (Fsp3) is 0.467. The van der Waals surface area contributed by atoms with Gasteiger partial charge in [-0.2, -0.15) is 0 Å². The van der Waals surface area contributed by atoms with Crippen LogP contribution in [0.2, 0.25) is 0 Å². The number of hydrogen-bond donors (Lipinski definition) is 2. The Labute approximate surface area is 145 Å². The minimum Gasteiger partial charge on any atom is -0.341 e. The summed E-state index contributed by atoms with van der Waals surface area (Å²) in [5.41, 5.74) is 5.59. The monoisotopic (exact) mass is 356 g/mol. The number of non-ortho nitro benzene ring substituents is 1. The third-order valence-electron chi connectivity index (χ3n) is 3.97. The summed E-state index contributed by atoms with van der Waals surface area (Å²) < 4.78 is 0. The van der Waals surface area contributed by atoms with E-state index in [1.165, 1.54) is 24.3 Å². The number of amides is 2. The molecule has 8 nitrogen and oxygen atoms in total. The predicted molar refractivity (Wildman–Crippen MR) is 91.0 cm³/mol. The molecule has 0 aliphatic carbocycles. The van der Waals surface area contributed by atoms with E-state index in [2.05, 4.69) is 5.32 Å². The van der Waals surface area contributed by atoms with Crippen LogP contribution in [0.3, 0.4) is 0 Å². The van der Waals surface area contributed by atoms with Crippen LogP contribution in [0.4, 0.5) is 5.69 Å². The first-order valence-electron chi connectivity index (χ1n) is 7.46. The first kappa shape index (κ1) is 19.9. The Balaban J connectivity index is 0.00000288. The number of nitrogens with one attached hydrogen (secondary N) is 1. The first-order valence-corrected chi connectivity index (χ1v) is 7.46. The number of nitrogens with zero attached hydrogens (tertiary/aromatic N) is 2. The van der Waals surface area contributed by atoms with Gasteiger partial charge in [0, 0.05) is 30.8 Å². The molecule has 0 spiro atoms. The second-order valence-corrected chi connectivity index (χ2v) is 5.68. The molecule has 2 amide bonds. The molecule has 0 bridgehead atoms. The number of carbonyl (C=O) groups excluding carboxylic acids is 2. The zero-order valence-corrected chi connectivity index (χ0v) is 14.1. The lowest BCUT2D eigenvalue weighted by Gasteiger charge is -2.21. The second-order valence-electron chi connectivity index (χ2n) is 5.68. The highest BCUT2D eigenvalue weighted by molar-refractivity contribution is 5.97. The lowest BCUT2D eigenvalue weighted by molar-refractivity contribution is -0.384. The van der Waals surface area contributed by atoms with Crippen molar-refractivity contribution in [2.75, 3.05) is 19.6 Å². The Morgan fingerprint density at radius 2 is 2.21 bits per heavy atom. The van der Waals surface area contributed by atoms with Crippen molar-refractivity contribution in [1.29, 1.82) is 0 Å². The fourth-order valence-corrected chi connectivity index (χ4v) is 2.60. The lowest BCUT2D eigenvalue weighted by atomic mass is 10.1. The van der Waals surface area contributed by atoms with Gasteiger partial charge < -0.3 is 16.0 Å². The molecule has 1 aromatic rings. The molecule has 0 aromatic heterocycles. The number of likely N-dealkylation sites (tertiary alicyclic amines) is 1. The van der Waals surface area contributed by atoms with Crippen molar-refractivity contribution < 1.29 is 14.5 Å². The van der Waals surface area contributed by atoms with E-state index in [1.807, 2.05) is 0 Å². The van der Waals surface area contributed by atoms with Gasteiger partial charge in [-0.15, -0.1) is 12.4 Å². The minimum atomic E-state index is -0.696. The van der Waals surface area contributed by atoms with Crippen LogP contribution in [0, 0.1) is 16.0 Å². The summed E-state index contributed by atoms with van der Waals surface area (Å²) in [7, 11) is 0. The number of benzene rings is 1. The molecule has 1 saturated heterocycles. The van der Waals surface area contributed by atoms with E-state index in [-0.39, 0.29) is 29.6 Å². The van der Waals surface area contributed by atoms with Crippen LogP contribution < -0.4 is 11.1 Å². The van der Waals surface area contributed by atoms with Crippen LogP contribution in [0.15, 0.2) is 24.3 Å². The third kappa shape index (κ3) is 4.65. The fourth-order valence-electron chi connectivity index (χ4n) is 2.60. The molecule has 0 saturated carbocycles. The summed E-state index contributed by atoms with van der Waals surface area (Å²) in [4.78, 5) is 36.3. The molecule has 1 aromatic carbocycles. The van der Waals surface area contributed by atoms with Gasteiger partial charge >= 0.3 is 0 Å². The van der Waals surface area contributed by atoms with Crippen LogP contribution in [-0.4, -0.2) is 47.3 Å². The smallest absolute Gasteiger partial charge is 0.270 e. The van der Waals surface area contributed by atoms with Gasteiger partial charge in [-0.1, -0.05) is 6.07 Å². The molecule has 1 aliphatic heterocycles. The van der Waals surface area contributed by atoms with E-state index in [9.17, 15) is 19.7 Å². The van der Waals surface area contributed by atoms with Gasteiger partial charge in [-0.3, -0.25) is 19.7 Å². The predicted octanol–water partition coefficient (Wildman–Crippen LogP) is 0.942. The molecule has 2 rings (SSSR count). The van der Waals surface area contributed by atoms with Crippen molar-refractivity contribution >= 4 is 29.9 Å². The molecule has 9 heteroatoms. The van der Waals surface area contributed by atoms with Gasteiger partial charge in [0.15, 0.2) is 0 Å². The highest BCUT2D eigenvalue weighted by Crippen LogP contribution is 2.16. The molecular weight excluding hydrogens is 336 g/mol. The molecule has 2 unspecified atom stereocenters. The van der Waals surface area contributed by atoms with Crippen LogP contribution in [0.1, 0.15) is 23.7 Å². The topological polar surface area (TPSA) is 119 Å². The molecule has 0 radical (unpaired) electrons. The maximum absolute atomic E-state index is 12.3. The highest BCUT2D eigenvalue weighted by Gasteiger charge is 2.29. The summed E-state index contributed by atoms with van der Waals surface area (Å²) in [6, 6.07) is 4.71. The molecule has 1 fully saturated rings. The Morgan fingerprint density at radius 3 is 2.79 bits per heavy atom. The maximum atomic E-state index is 12.3. The zero-order valence-electron chi connectivity index (χ0n) is 13.3. The SMILES string of the molecule is CC(NC(=O)c1cccc([N+](=O)[O-])c1)C(=O)N1CCC(CN)C1.Cl. The van der Waals surface area contributed by atoms with Crippen molar-refractivity contribution in [1.82, 2.24) is 10.2 Å². The van der Waals surface area contributed by atoms with Gasteiger partial charge in [0.1, 0.15) is 6.04 Å². The summed E-state index contributed by atoms with van der Waals surface area (Å²) in [5, 5.41) is 13.3. The second kappa shape index (κ2) is 8.60. The Morgan fingerprint density at radius 1 is 1.50 bits per heavy atom. The van der Waals surface area contributed by atoms with E-state index < -0.39 is 16.9 Å². The van der Waals surface area contributed by atoms with Gasteiger partial charge in [-0.05, 0) is 31.9 Å². The summed E-state index contributed by atoms with van der Waals surface area (Å²) in [6.07, 6.45) is 0.869. The molecule has 132 valence electrons. The summed E-state index contributed by atoms with van der Waals surface area (Å²) in [6.45, 7) is 3.38. The summed E-state index contributed by atoms with van der Waals surface area (Å²) >= 11 is 0. The summed E-state index contributed by atoms with van der Waals surface area (Å²) in [5.74, 6) is -0.373. The third-order valence-corrected chi connectivity index (χ3v) is 3.97. The van der Waals surface area contributed by atoms with Crippen molar-refractivity contribution in [2.45, 2.75) is 19.4 Å². The van der Waals surface area contributed by atoms with Crippen LogP contribution in [-0.2, 0) is 4.79 Å². The number of hydrogen-bond acceptors (Lipinski definition) is 5. The largest absolute Gasteiger partial charge is 0.341 e. The Hall–Kier alpha value is -2.19. The van der Waals surface area contributed by atoms with Crippen LogP contribution in [0.5, 0.6) is 0 Å². The van der Waals surface area contributed by atoms with Crippen molar-refractivity contribution in [2.24, 2.45) is 11.7 Å². The molecular formula is C15H21ClN4O4. The van der Waals surface area contributed by atoms with Crippen molar-refractivity contribution in [3.8, 4) is 0 Å². The molecule has 24 heavy (non-hydrogen) atoms. The van der Waals surface area contributed by atoms with E-state index in [1.54, 1.807) is 11.8 Å². The van der Waals surface area contributed by atoms with Crippen molar-refractivity contribution in [3.63, 3.8) is 0 Å². The number of rotatable bonds is 5.